The maximum Gasteiger partial charge on any atom is 0.431 e. The smallest absolute Gasteiger partial charge is 0.281 e. The summed E-state index contributed by atoms with van der Waals surface area (Å²) in [6.07, 6.45) is -0.698. The molecular formula is C10H14F4O6S2. The molecule has 130 valence electrons. The summed E-state index contributed by atoms with van der Waals surface area (Å²) in [5, 5.41) is -5.65. The Morgan fingerprint density at radius 3 is 2.00 bits per heavy atom. The van der Waals surface area contributed by atoms with Crippen LogP contribution < -0.4 is 0 Å². The highest BCUT2D eigenvalue weighted by atomic mass is 32.2. The average Bonchev–Trinajstić information content (AvgIpc) is 2.83. The van der Waals surface area contributed by atoms with Crippen molar-refractivity contribution in [3.63, 3.8) is 0 Å². The van der Waals surface area contributed by atoms with E-state index in [1.165, 1.54) is 0 Å². The zero-order valence-electron chi connectivity index (χ0n) is 11.2. The fourth-order valence-electron chi connectivity index (χ4n) is 3.43. The van der Waals surface area contributed by atoms with Crippen LogP contribution in [0.25, 0.3) is 0 Å². The molecule has 4 atom stereocenters. The molecule has 0 aliphatic heterocycles. The predicted molar refractivity (Wildman–Crippen MR) is 65.5 cm³/mol. The molecule has 0 aromatic heterocycles. The van der Waals surface area contributed by atoms with Crippen molar-refractivity contribution in [3.05, 3.63) is 0 Å². The third kappa shape index (κ3) is 2.85. The van der Waals surface area contributed by atoms with E-state index >= 15 is 0 Å². The van der Waals surface area contributed by atoms with E-state index in [4.69, 9.17) is 4.55 Å². The van der Waals surface area contributed by atoms with E-state index in [9.17, 15) is 34.4 Å². The molecule has 0 aromatic carbocycles. The standard InChI is InChI=1S/C10H14F4O6S2/c1-21(15,16)20-8-4-5-2-6(8)7(3-5)9(11,12)10(13,14)22(17,18)19/h5-8H,2-4H2,1H3,(H,17,18,19). The first-order valence-electron chi connectivity index (χ1n) is 6.27. The number of alkyl halides is 4. The van der Waals surface area contributed by atoms with E-state index < -0.39 is 55.3 Å². The first-order valence-corrected chi connectivity index (χ1v) is 9.53. The Morgan fingerprint density at radius 1 is 1.05 bits per heavy atom. The molecule has 0 amide bonds. The van der Waals surface area contributed by atoms with Crippen LogP contribution in [0.5, 0.6) is 0 Å². The quantitative estimate of drug-likeness (QED) is 0.447. The van der Waals surface area contributed by atoms with Gasteiger partial charge in [0.05, 0.1) is 12.4 Å². The number of fused-ring (bicyclic) bond motifs is 2. The van der Waals surface area contributed by atoms with Gasteiger partial charge >= 0.3 is 21.3 Å². The van der Waals surface area contributed by atoms with E-state index in [1.54, 1.807) is 0 Å². The maximum absolute atomic E-state index is 14.0. The zero-order chi connectivity index (χ0) is 17.1. The van der Waals surface area contributed by atoms with Crippen molar-refractivity contribution in [1.29, 1.82) is 0 Å². The van der Waals surface area contributed by atoms with Gasteiger partial charge < -0.3 is 0 Å². The lowest BCUT2D eigenvalue weighted by Gasteiger charge is -2.36. The molecule has 2 aliphatic carbocycles. The Bertz CT molecular complexity index is 659. The monoisotopic (exact) mass is 370 g/mol. The van der Waals surface area contributed by atoms with Crippen LogP contribution in [0.4, 0.5) is 17.6 Å². The van der Waals surface area contributed by atoms with Gasteiger partial charge in [0, 0.05) is 5.92 Å². The summed E-state index contributed by atoms with van der Waals surface area (Å²) in [4.78, 5) is 0. The van der Waals surface area contributed by atoms with Crippen molar-refractivity contribution in [2.24, 2.45) is 17.8 Å². The third-order valence-electron chi connectivity index (χ3n) is 4.23. The number of hydrogen-bond donors (Lipinski definition) is 1. The van der Waals surface area contributed by atoms with E-state index in [0.29, 0.717) is 6.26 Å². The minimum absolute atomic E-state index is 0.0437. The van der Waals surface area contributed by atoms with Crippen LogP contribution in [0.2, 0.25) is 0 Å². The third-order valence-corrected chi connectivity index (χ3v) is 5.75. The van der Waals surface area contributed by atoms with Gasteiger partial charge in [-0.2, -0.15) is 34.4 Å². The number of hydrogen-bond acceptors (Lipinski definition) is 5. The highest BCUT2D eigenvalue weighted by Gasteiger charge is 2.72. The second kappa shape index (κ2) is 5.02. The van der Waals surface area contributed by atoms with E-state index in [0.717, 1.165) is 0 Å². The molecule has 22 heavy (non-hydrogen) atoms. The van der Waals surface area contributed by atoms with Gasteiger partial charge in [0.15, 0.2) is 0 Å². The first kappa shape index (κ1) is 17.9. The average molecular weight is 370 g/mol. The molecule has 0 radical (unpaired) electrons. The fraction of sp³-hybridized carbons (Fsp3) is 1.00. The predicted octanol–water partition coefficient (Wildman–Crippen LogP) is 1.49. The summed E-state index contributed by atoms with van der Waals surface area (Å²) in [5.41, 5.74) is 0. The number of halogens is 4. The van der Waals surface area contributed by atoms with Gasteiger partial charge in [0.25, 0.3) is 10.1 Å². The van der Waals surface area contributed by atoms with Crippen molar-refractivity contribution in [2.75, 3.05) is 6.26 Å². The molecule has 0 spiro atoms. The van der Waals surface area contributed by atoms with Crippen LogP contribution in [0, 0.1) is 17.8 Å². The molecule has 4 unspecified atom stereocenters. The Labute approximate surface area is 124 Å². The van der Waals surface area contributed by atoms with Gasteiger partial charge in [-0.05, 0) is 31.1 Å². The van der Waals surface area contributed by atoms with Crippen LogP contribution in [-0.2, 0) is 24.4 Å². The molecule has 0 saturated heterocycles. The summed E-state index contributed by atoms with van der Waals surface area (Å²) in [5.74, 6) is -8.79. The molecule has 6 nitrogen and oxygen atoms in total. The Hall–Kier alpha value is -0.460. The van der Waals surface area contributed by atoms with E-state index in [1.807, 2.05) is 0 Å². The minimum atomic E-state index is -6.31. The van der Waals surface area contributed by atoms with Crippen LogP contribution >= 0.6 is 0 Å². The van der Waals surface area contributed by atoms with Gasteiger partial charge in [-0.15, -0.1) is 0 Å². The molecule has 2 bridgehead atoms. The summed E-state index contributed by atoms with van der Waals surface area (Å²) < 4.78 is 111. The molecule has 0 aromatic rings. The molecular weight excluding hydrogens is 356 g/mol. The highest BCUT2D eigenvalue weighted by Crippen LogP contribution is 2.58. The summed E-state index contributed by atoms with van der Waals surface area (Å²) in [6.45, 7) is 0. The first-order chi connectivity index (χ1) is 9.67. The second-order valence-electron chi connectivity index (χ2n) is 5.80. The molecule has 2 fully saturated rings. The normalized spacial score (nSPS) is 33.4. The van der Waals surface area contributed by atoms with Crippen LogP contribution in [0.1, 0.15) is 19.3 Å². The molecule has 2 aliphatic rings. The molecule has 12 heteroatoms. The van der Waals surface area contributed by atoms with Crippen molar-refractivity contribution in [1.82, 2.24) is 0 Å². The van der Waals surface area contributed by atoms with Crippen LogP contribution in [-0.4, -0.2) is 44.9 Å². The molecule has 2 rings (SSSR count). The fourth-order valence-corrected chi connectivity index (χ4v) is 4.59. The van der Waals surface area contributed by atoms with Crippen molar-refractivity contribution >= 4 is 20.2 Å². The summed E-state index contributed by atoms with van der Waals surface area (Å²) in [7, 11) is -10.3. The van der Waals surface area contributed by atoms with E-state index in [2.05, 4.69) is 4.18 Å². The molecule has 1 N–H and O–H groups in total. The highest BCUT2D eigenvalue weighted by molar-refractivity contribution is 7.87. The molecule has 0 heterocycles. The van der Waals surface area contributed by atoms with Gasteiger partial charge in [-0.25, -0.2) is 0 Å². The van der Waals surface area contributed by atoms with Crippen LogP contribution in [0.15, 0.2) is 0 Å². The Balaban J connectivity index is 2.30. The summed E-state index contributed by atoms with van der Waals surface area (Å²) >= 11 is 0. The van der Waals surface area contributed by atoms with Gasteiger partial charge in [0.1, 0.15) is 0 Å². The Morgan fingerprint density at radius 2 is 1.59 bits per heavy atom. The van der Waals surface area contributed by atoms with Gasteiger partial charge in [0.2, 0.25) is 0 Å². The van der Waals surface area contributed by atoms with Gasteiger partial charge in [-0.3, -0.25) is 8.74 Å². The largest absolute Gasteiger partial charge is 0.431 e. The lowest BCUT2D eigenvalue weighted by molar-refractivity contribution is -0.208. The SMILES string of the molecule is CS(=O)(=O)OC1CC2CC1C(C(F)(F)C(F)(F)S(=O)(=O)O)C2. The van der Waals surface area contributed by atoms with Gasteiger partial charge in [-0.1, -0.05) is 0 Å². The van der Waals surface area contributed by atoms with Crippen LogP contribution in [0.3, 0.4) is 0 Å². The lowest BCUT2D eigenvalue weighted by Crippen LogP contribution is -2.54. The maximum atomic E-state index is 14.0. The van der Waals surface area contributed by atoms with Crippen molar-refractivity contribution < 1.29 is 43.1 Å². The Kier molecular flexibility index (Phi) is 4.08. The molecule has 2 saturated carbocycles. The van der Waals surface area contributed by atoms with Crippen molar-refractivity contribution in [3.8, 4) is 0 Å². The second-order valence-corrected chi connectivity index (χ2v) is 8.86. The zero-order valence-corrected chi connectivity index (χ0v) is 12.9. The topological polar surface area (TPSA) is 97.7 Å². The summed E-state index contributed by atoms with van der Waals surface area (Å²) in [6, 6.07) is 0. The van der Waals surface area contributed by atoms with Crippen molar-refractivity contribution in [2.45, 2.75) is 36.5 Å². The lowest BCUT2D eigenvalue weighted by atomic mass is 9.82. The van der Waals surface area contributed by atoms with E-state index in [-0.39, 0.29) is 19.3 Å². The number of rotatable bonds is 5. The minimum Gasteiger partial charge on any atom is -0.281 e.